The minimum absolute atomic E-state index is 0.656. The van der Waals surface area contributed by atoms with Gasteiger partial charge < -0.3 is 11.1 Å². The van der Waals surface area contributed by atoms with E-state index in [4.69, 9.17) is 10.7 Å². The number of pyridine rings is 1. The Hall–Kier alpha value is -3.42. The van der Waals surface area contributed by atoms with Crippen molar-refractivity contribution >= 4 is 22.8 Å². The Bertz CT molecular complexity index is 1280. The lowest BCUT2D eigenvalue weighted by Gasteiger charge is -2.28. The SMILES string of the molecule is C=C(Nc1cc(C2=NCC(C3CC3)=N2)ccc1C)/C(=C/N)c1cc(C)ccn1.CCC(CC)(CC)CC.CCC(F)(F)F. The van der Waals surface area contributed by atoms with Gasteiger partial charge in [0.15, 0.2) is 5.84 Å². The van der Waals surface area contributed by atoms with Crippen LogP contribution in [-0.2, 0) is 0 Å². The molecule has 1 aliphatic heterocycles. The van der Waals surface area contributed by atoms with E-state index in [-0.39, 0.29) is 0 Å². The third-order valence-electron chi connectivity index (χ3n) is 8.55. The monoisotopic (exact) mass is 597 g/mol. The number of alkyl halides is 3. The summed E-state index contributed by atoms with van der Waals surface area (Å²) in [5.74, 6) is 1.48. The summed E-state index contributed by atoms with van der Waals surface area (Å²) in [5, 5.41) is 3.40. The molecule has 1 aromatic carbocycles. The molecular formula is C35H50F3N5. The number of aliphatic imine (C=N–C) groups is 2. The molecule has 0 atom stereocenters. The molecule has 5 nitrogen and oxygen atoms in total. The molecule has 1 aromatic heterocycles. The zero-order chi connectivity index (χ0) is 32.2. The van der Waals surface area contributed by atoms with E-state index >= 15 is 0 Å². The van der Waals surface area contributed by atoms with Gasteiger partial charge in [0.1, 0.15) is 0 Å². The van der Waals surface area contributed by atoms with Gasteiger partial charge in [-0.2, -0.15) is 13.2 Å². The molecule has 0 radical (unpaired) electrons. The van der Waals surface area contributed by atoms with E-state index in [9.17, 15) is 13.2 Å². The van der Waals surface area contributed by atoms with Crippen LogP contribution in [0.1, 0.15) is 102 Å². The highest BCUT2D eigenvalue weighted by atomic mass is 19.4. The summed E-state index contributed by atoms with van der Waals surface area (Å²) >= 11 is 0. The molecule has 43 heavy (non-hydrogen) atoms. The molecule has 0 spiro atoms. The Labute approximate surface area is 256 Å². The van der Waals surface area contributed by atoms with Gasteiger partial charge in [-0.05, 0) is 67.3 Å². The minimum Gasteiger partial charge on any atom is -0.404 e. The highest BCUT2D eigenvalue weighted by Crippen LogP contribution is 2.34. The van der Waals surface area contributed by atoms with Gasteiger partial charge in [-0.3, -0.25) is 9.98 Å². The molecule has 0 saturated heterocycles. The molecule has 1 fully saturated rings. The average Bonchev–Trinajstić information content (AvgIpc) is 3.73. The normalized spacial score (nSPS) is 15.0. The van der Waals surface area contributed by atoms with Crippen LogP contribution in [0.5, 0.6) is 0 Å². The Morgan fingerprint density at radius 1 is 0.977 bits per heavy atom. The second-order valence-electron chi connectivity index (χ2n) is 11.3. The van der Waals surface area contributed by atoms with E-state index in [1.54, 1.807) is 12.4 Å². The Morgan fingerprint density at radius 2 is 1.58 bits per heavy atom. The maximum absolute atomic E-state index is 10.8. The quantitative estimate of drug-likeness (QED) is 0.268. The Balaban J connectivity index is 0.000000357. The van der Waals surface area contributed by atoms with Crippen molar-refractivity contribution in [2.75, 3.05) is 11.9 Å². The molecule has 1 aliphatic carbocycles. The van der Waals surface area contributed by atoms with E-state index in [0.29, 0.717) is 17.0 Å². The van der Waals surface area contributed by atoms with Crippen LogP contribution in [-0.4, -0.2) is 29.3 Å². The fraction of sp³-hybridized carbons (Fsp3) is 0.514. The van der Waals surface area contributed by atoms with Crippen molar-refractivity contribution in [2.45, 2.75) is 99.6 Å². The van der Waals surface area contributed by atoms with Crippen molar-refractivity contribution in [2.24, 2.45) is 27.1 Å². The first kappa shape index (κ1) is 35.8. The van der Waals surface area contributed by atoms with Crippen molar-refractivity contribution in [1.82, 2.24) is 4.98 Å². The molecule has 2 aliphatic rings. The summed E-state index contributed by atoms with van der Waals surface area (Å²) in [4.78, 5) is 13.8. The number of nitrogens with one attached hydrogen (secondary N) is 1. The fourth-order valence-electron chi connectivity index (χ4n) is 4.81. The largest absolute Gasteiger partial charge is 0.404 e. The van der Waals surface area contributed by atoms with Crippen molar-refractivity contribution in [3.8, 4) is 0 Å². The molecule has 236 valence electrons. The lowest BCUT2D eigenvalue weighted by molar-refractivity contribution is -0.130. The molecule has 4 rings (SSSR count). The van der Waals surface area contributed by atoms with Crippen LogP contribution >= 0.6 is 0 Å². The molecule has 2 aromatic rings. The number of allylic oxidation sites excluding steroid dienone is 1. The van der Waals surface area contributed by atoms with E-state index in [0.717, 1.165) is 52.9 Å². The number of rotatable bonds is 10. The molecule has 0 amide bonds. The Morgan fingerprint density at radius 3 is 2.05 bits per heavy atom. The maximum atomic E-state index is 10.8. The summed E-state index contributed by atoms with van der Waals surface area (Å²) < 4.78 is 32.4. The predicted molar refractivity (Wildman–Crippen MR) is 177 cm³/mol. The second-order valence-corrected chi connectivity index (χ2v) is 11.3. The highest BCUT2D eigenvalue weighted by molar-refractivity contribution is 6.13. The summed E-state index contributed by atoms with van der Waals surface area (Å²) in [6.07, 6.45) is 6.52. The van der Waals surface area contributed by atoms with Gasteiger partial charge in [-0.15, -0.1) is 0 Å². The maximum Gasteiger partial charge on any atom is 0.388 e. The number of hydrogen-bond donors (Lipinski definition) is 2. The third kappa shape index (κ3) is 11.0. The first-order valence-electron chi connectivity index (χ1n) is 15.5. The second kappa shape index (κ2) is 16.4. The van der Waals surface area contributed by atoms with Gasteiger partial charge in [0.25, 0.3) is 0 Å². The molecule has 0 unspecified atom stereocenters. The summed E-state index contributed by atoms with van der Waals surface area (Å²) in [5.41, 5.74) is 14.3. The van der Waals surface area contributed by atoms with Gasteiger partial charge in [0, 0.05) is 47.1 Å². The number of hydrogen-bond acceptors (Lipinski definition) is 5. The van der Waals surface area contributed by atoms with Gasteiger partial charge in [-0.25, -0.2) is 4.99 Å². The molecule has 3 N–H and O–H groups in total. The van der Waals surface area contributed by atoms with Crippen molar-refractivity contribution in [3.63, 3.8) is 0 Å². The smallest absolute Gasteiger partial charge is 0.388 e. The van der Waals surface area contributed by atoms with Gasteiger partial charge in [-0.1, -0.05) is 79.0 Å². The van der Waals surface area contributed by atoms with Crippen molar-refractivity contribution < 1.29 is 13.2 Å². The van der Waals surface area contributed by atoms with Gasteiger partial charge >= 0.3 is 6.18 Å². The van der Waals surface area contributed by atoms with Gasteiger partial charge in [0.2, 0.25) is 0 Å². The predicted octanol–water partition coefficient (Wildman–Crippen LogP) is 9.81. The van der Waals surface area contributed by atoms with Crippen LogP contribution in [0.25, 0.3) is 5.57 Å². The van der Waals surface area contributed by atoms with Crippen molar-refractivity contribution in [3.05, 3.63) is 77.4 Å². The first-order valence-corrected chi connectivity index (χ1v) is 15.5. The van der Waals surface area contributed by atoms with Crippen LogP contribution in [0, 0.1) is 25.2 Å². The lowest BCUT2D eigenvalue weighted by atomic mass is 9.78. The van der Waals surface area contributed by atoms with Crippen LogP contribution < -0.4 is 11.1 Å². The molecule has 0 bridgehead atoms. The van der Waals surface area contributed by atoms with Crippen LogP contribution in [0.2, 0.25) is 0 Å². The molecule has 2 heterocycles. The molecule has 8 heteroatoms. The number of aryl methyl sites for hydroxylation is 2. The molecule has 1 saturated carbocycles. The average molecular weight is 598 g/mol. The van der Waals surface area contributed by atoms with Crippen LogP contribution in [0.3, 0.4) is 0 Å². The number of nitrogens with zero attached hydrogens (tertiary/aromatic N) is 3. The summed E-state index contributed by atoms with van der Waals surface area (Å²) in [6, 6.07) is 10.2. The van der Waals surface area contributed by atoms with Gasteiger partial charge in [0.05, 0.1) is 12.2 Å². The summed E-state index contributed by atoms with van der Waals surface area (Å²) in [7, 11) is 0. The highest BCUT2D eigenvalue weighted by Gasteiger charge is 2.30. The number of nitrogens with two attached hydrogens (primary N) is 1. The first-order chi connectivity index (χ1) is 20.3. The van der Waals surface area contributed by atoms with Crippen molar-refractivity contribution in [1.29, 1.82) is 0 Å². The summed E-state index contributed by atoms with van der Waals surface area (Å²) in [6.45, 7) is 19.3. The number of aromatic nitrogens is 1. The van der Waals surface area contributed by atoms with Crippen LogP contribution in [0.4, 0.5) is 18.9 Å². The third-order valence-corrected chi connectivity index (χ3v) is 8.55. The number of halogens is 3. The zero-order valence-corrected chi connectivity index (χ0v) is 27.0. The zero-order valence-electron chi connectivity index (χ0n) is 27.0. The standard InChI is InChI=1S/C23H25N5.C9H20.C3H5F3/c1-14-8-9-25-21(10-14)19(12-24)16(3)27-20-11-18(5-4-15(20)2)23-26-13-22(28-23)17-6-7-17;1-5-9(6-2,7-3)8-4;1-2-3(4,5)6/h4-5,8-12,17,27H,3,6-7,13,24H2,1-2H3;5-8H2,1-4H3;2H2,1H3/b19-12-;;. The van der Waals surface area contributed by atoms with E-state index < -0.39 is 12.6 Å². The van der Waals surface area contributed by atoms with E-state index in [1.807, 2.05) is 19.1 Å². The van der Waals surface area contributed by atoms with E-state index in [1.165, 1.54) is 44.2 Å². The minimum atomic E-state index is -3.96. The molecular weight excluding hydrogens is 547 g/mol. The van der Waals surface area contributed by atoms with Crippen LogP contribution in [0.15, 0.2) is 65.0 Å². The lowest BCUT2D eigenvalue weighted by Crippen LogP contribution is -2.15. The Kier molecular flexibility index (Phi) is 13.7. The number of anilines is 1. The number of benzene rings is 1. The van der Waals surface area contributed by atoms with E-state index in [2.05, 4.69) is 74.7 Å². The topological polar surface area (TPSA) is 75.7 Å². The number of amidine groups is 1. The fourth-order valence-corrected chi connectivity index (χ4v) is 4.81.